The molecule has 0 spiro atoms. The largest absolute Gasteiger partial charge is 0.324 e. The molecule has 0 saturated carbocycles. The highest BCUT2D eigenvalue weighted by atomic mass is 79.9. The second-order valence-electron chi connectivity index (χ2n) is 4.86. The zero-order chi connectivity index (χ0) is 15.8. The second kappa shape index (κ2) is 8.81. The van der Waals surface area contributed by atoms with Crippen molar-refractivity contribution >= 4 is 45.4 Å². The fraction of sp³-hybridized carbons (Fsp3) is 0.167. The maximum absolute atomic E-state index is 11.9. The predicted octanol–water partition coefficient (Wildman–Crippen LogP) is 5.14. The molecule has 2 nitrogen and oxygen atoms in total. The Labute approximate surface area is 144 Å². The van der Waals surface area contributed by atoms with Crippen LogP contribution in [0.25, 0.3) is 6.08 Å². The van der Waals surface area contributed by atoms with Crippen LogP contribution in [0.4, 0.5) is 5.69 Å². The van der Waals surface area contributed by atoms with Crippen molar-refractivity contribution in [2.24, 2.45) is 0 Å². The summed E-state index contributed by atoms with van der Waals surface area (Å²) in [6, 6.07) is 16.0. The zero-order valence-electron chi connectivity index (χ0n) is 12.4. The molecule has 2 rings (SSSR count). The van der Waals surface area contributed by atoms with Crippen molar-refractivity contribution in [3.63, 3.8) is 0 Å². The number of anilines is 1. The Morgan fingerprint density at radius 1 is 1.23 bits per heavy atom. The molecule has 0 aromatic heterocycles. The fourth-order valence-corrected chi connectivity index (χ4v) is 3.08. The van der Waals surface area contributed by atoms with Crippen molar-refractivity contribution in [1.29, 1.82) is 0 Å². The Hall–Kier alpha value is -1.52. The molecular formula is C18H18BrNOS. The third-order valence-corrected chi connectivity index (χ3v) is 4.51. The van der Waals surface area contributed by atoms with Crippen molar-refractivity contribution in [3.8, 4) is 0 Å². The highest BCUT2D eigenvalue weighted by molar-refractivity contribution is 9.10. The number of thioether (sulfide) groups is 1. The van der Waals surface area contributed by atoms with Crippen LogP contribution in [0.5, 0.6) is 0 Å². The summed E-state index contributed by atoms with van der Waals surface area (Å²) >= 11 is 5.06. The van der Waals surface area contributed by atoms with Gasteiger partial charge in [0, 0.05) is 10.2 Å². The normalized spacial score (nSPS) is 10.8. The molecule has 2 aromatic rings. The van der Waals surface area contributed by atoms with Crippen molar-refractivity contribution in [3.05, 3.63) is 70.2 Å². The number of hydrogen-bond donors (Lipinski definition) is 1. The molecule has 1 N–H and O–H groups in total. The van der Waals surface area contributed by atoms with E-state index in [0.717, 1.165) is 21.5 Å². The molecule has 0 atom stereocenters. The lowest BCUT2D eigenvalue weighted by atomic mass is 10.2. The molecule has 0 aliphatic heterocycles. The second-order valence-corrected chi connectivity index (χ2v) is 6.74. The van der Waals surface area contributed by atoms with E-state index in [0.29, 0.717) is 5.75 Å². The molecule has 0 bridgehead atoms. The van der Waals surface area contributed by atoms with Crippen LogP contribution in [0, 0.1) is 6.92 Å². The lowest BCUT2D eigenvalue weighted by Gasteiger charge is -2.07. The first-order valence-electron chi connectivity index (χ1n) is 7.00. The Morgan fingerprint density at radius 3 is 2.73 bits per heavy atom. The van der Waals surface area contributed by atoms with Crippen LogP contribution in [-0.4, -0.2) is 17.4 Å². The molecule has 0 saturated heterocycles. The third kappa shape index (κ3) is 5.70. The minimum absolute atomic E-state index is 0.0164. The number of nitrogens with one attached hydrogen (secondary N) is 1. The van der Waals surface area contributed by atoms with Crippen LogP contribution in [0.3, 0.4) is 0 Å². The van der Waals surface area contributed by atoms with Crippen LogP contribution in [0.15, 0.2) is 59.1 Å². The van der Waals surface area contributed by atoms with Crippen LogP contribution >= 0.6 is 27.7 Å². The monoisotopic (exact) mass is 375 g/mol. The van der Waals surface area contributed by atoms with Gasteiger partial charge < -0.3 is 5.32 Å². The van der Waals surface area contributed by atoms with Crippen LogP contribution in [0.1, 0.15) is 11.1 Å². The first-order valence-corrected chi connectivity index (χ1v) is 8.95. The molecule has 1 amide bonds. The maximum atomic E-state index is 11.9. The highest BCUT2D eigenvalue weighted by Gasteiger charge is 2.05. The summed E-state index contributed by atoms with van der Waals surface area (Å²) in [6.45, 7) is 2.02. The van der Waals surface area contributed by atoms with E-state index in [2.05, 4.69) is 45.5 Å². The molecule has 2 aromatic carbocycles. The molecule has 4 heteroatoms. The van der Waals surface area contributed by atoms with E-state index in [-0.39, 0.29) is 5.91 Å². The van der Waals surface area contributed by atoms with Crippen LogP contribution in [0.2, 0.25) is 0 Å². The van der Waals surface area contributed by atoms with Crippen LogP contribution < -0.4 is 5.32 Å². The van der Waals surface area contributed by atoms with Crippen molar-refractivity contribution in [1.82, 2.24) is 0 Å². The summed E-state index contributed by atoms with van der Waals surface area (Å²) in [6.07, 6.45) is 4.15. The number of carbonyl (C=O) groups excluding carboxylic acids is 1. The number of amides is 1. The molecule has 22 heavy (non-hydrogen) atoms. The molecule has 0 fully saturated rings. The molecule has 0 aliphatic rings. The van der Waals surface area contributed by atoms with E-state index < -0.39 is 0 Å². The Bertz CT molecular complexity index is 655. The summed E-state index contributed by atoms with van der Waals surface area (Å²) < 4.78 is 0.912. The van der Waals surface area contributed by atoms with Gasteiger partial charge in [-0.2, -0.15) is 0 Å². The number of halogens is 1. The van der Waals surface area contributed by atoms with E-state index in [1.807, 2.05) is 43.3 Å². The summed E-state index contributed by atoms with van der Waals surface area (Å²) in [5.74, 6) is 1.28. The van der Waals surface area contributed by atoms with Gasteiger partial charge in [0.15, 0.2) is 0 Å². The van der Waals surface area contributed by atoms with Gasteiger partial charge in [0.05, 0.1) is 11.4 Å². The SMILES string of the molecule is Cc1ccc(NC(=O)CSC/C=C/c2ccccc2)c(Br)c1. The van der Waals surface area contributed by atoms with Crippen LogP contribution in [-0.2, 0) is 4.79 Å². The lowest BCUT2D eigenvalue weighted by Crippen LogP contribution is -2.14. The number of rotatable bonds is 6. The van der Waals surface area contributed by atoms with Gasteiger partial charge in [-0.3, -0.25) is 4.79 Å². The molecule has 114 valence electrons. The number of benzene rings is 2. The average Bonchev–Trinajstić information content (AvgIpc) is 2.51. The van der Waals surface area contributed by atoms with Crippen molar-refractivity contribution in [2.75, 3.05) is 16.8 Å². The smallest absolute Gasteiger partial charge is 0.234 e. The highest BCUT2D eigenvalue weighted by Crippen LogP contribution is 2.23. The lowest BCUT2D eigenvalue weighted by molar-refractivity contribution is -0.113. The summed E-state index contributed by atoms with van der Waals surface area (Å²) in [4.78, 5) is 11.9. The Balaban J connectivity index is 1.73. The summed E-state index contributed by atoms with van der Waals surface area (Å²) in [7, 11) is 0. The van der Waals surface area contributed by atoms with Crippen molar-refractivity contribution in [2.45, 2.75) is 6.92 Å². The first-order chi connectivity index (χ1) is 10.6. The number of carbonyl (C=O) groups is 1. The van der Waals surface area contributed by atoms with Gasteiger partial charge in [-0.1, -0.05) is 48.6 Å². The van der Waals surface area contributed by atoms with E-state index in [1.54, 1.807) is 11.8 Å². The average molecular weight is 376 g/mol. The number of aryl methyl sites for hydroxylation is 1. The summed E-state index contributed by atoms with van der Waals surface area (Å²) in [5.41, 5.74) is 3.15. The topological polar surface area (TPSA) is 29.1 Å². The predicted molar refractivity (Wildman–Crippen MR) is 100 cm³/mol. The molecule has 0 radical (unpaired) electrons. The Morgan fingerprint density at radius 2 is 2.00 bits per heavy atom. The first kappa shape index (κ1) is 16.8. The van der Waals surface area contributed by atoms with Gasteiger partial charge in [-0.15, -0.1) is 11.8 Å². The van der Waals surface area contributed by atoms with Gasteiger partial charge in [-0.05, 0) is 46.1 Å². The third-order valence-electron chi connectivity index (χ3n) is 2.96. The zero-order valence-corrected chi connectivity index (χ0v) is 14.8. The molecule has 0 aliphatic carbocycles. The van der Waals surface area contributed by atoms with E-state index in [9.17, 15) is 4.79 Å². The molecule has 0 unspecified atom stereocenters. The van der Waals surface area contributed by atoms with Gasteiger partial charge >= 0.3 is 0 Å². The standard InChI is InChI=1S/C18H18BrNOS/c1-14-9-10-17(16(19)12-14)20-18(21)13-22-11-5-8-15-6-3-2-4-7-15/h2-10,12H,11,13H2,1H3,(H,20,21)/b8-5+. The van der Waals surface area contributed by atoms with Gasteiger partial charge in [0.25, 0.3) is 0 Å². The van der Waals surface area contributed by atoms with Gasteiger partial charge in [-0.25, -0.2) is 0 Å². The van der Waals surface area contributed by atoms with Gasteiger partial charge in [0.1, 0.15) is 0 Å². The van der Waals surface area contributed by atoms with Crippen molar-refractivity contribution < 1.29 is 4.79 Å². The molecular weight excluding hydrogens is 358 g/mol. The molecule has 0 heterocycles. The van der Waals surface area contributed by atoms with E-state index in [1.165, 1.54) is 5.56 Å². The minimum atomic E-state index is 0.0164. The quantitative estimate of drug-likeness (QED) is 0.707. The fourth-order valence-electron chi connectivity index (χ4n) is 1.88. The number of hydrogen-bond acceptors (Lipinski definition) is 2. The maximum Gasteiger partial charge on any atom is 0.234 e. The van der Waals surface area contributed by atoms with E-state index in [4.69, 9.17) is 0 Å². The van der Waals surface area contributed by atoms with Gasteiger partial charge in [0.2, 0.25) is 5.91 Å². The Kier molecular flexibility index (Phi) is 6.74. The minimum Gasteiger partial charge on any atom is -0.324 e. The summed E-state index contributed by atoms with van der Waals surface area (Å²) in [5, 5.41) is 2.92. The van der Waals surface area contributed by atoms with E-state index >= 15 is 0 Å².